The Morgan fingerprint density at radius 1 is 1.45 bits per heavy atom. The molecule has 0 saturated heterocycles. The van der Waals surface area contributed by atoms with Gasteiger partial charge in [0.05, 0.1) is 6.61 Å². The molecular formula is C12H15F3N2O3. The molecule has 0 spiro atoms. The van der Waals surface area contributed by atoms with Crippen LogP contribution in [0.3, 0.4) is 0 Å². The number of halogens is 3. The van der Waals surface area contributed by atoms with Gasteiger partial charge in [0.25, 0.3) is 5.91 Å². The second-order valence-electron chi connectivity index (χ2n) is 3.87. The molecule has 0 aliphatic rings. The highest BCUT2D eigenvalue weighted by atomic mass is 19.4. The van der Waals surface area contributed by atoms with E-state index in [0.717, 1.165) is 0 Å². The maximum atomic E-state index is 12.0. The lowest BCUT2D eigenvalue weighted by molar-refractivity contribution is -0.154. The molecule has 0 aromatic carbocycles. The molecule has 1 heterocycles. The lowest BCUT2D eigenvalue weighted by Gasteiger charge is -2.19. The van der Waals surface area contributed by atoms with Crippen molar-refractivity contribution in [1.29, 1.82) is 0 Å². The average Bonchev–Trinajstić information content (AvgIpc) is 2.41. The van der Waals surface area contributed by atoms with Crippen LogP contribution in [0.4, 0.5) is 13.2 Å². The highest BCUT2D eigenvalue weighted by molar-refractivity contribution is 5.92. The minimum atomic E-state index is -4.46. The predicted octanol–water partition coefficient (Wildman–Crippen LogP) is 1.48. The first kappa shape index (κ1) is 16.2. The Balaban J connectivity index is 2.79. The van der Waals surface area contributed by atoms with Crippen molar-refractivity contribution < 1.29 is 27.8 Å². The minimum Gasteiger partial charge on any atom is -0.468 e. The van der Waals surface area contributed by atoms with Crippen molar-refractivity contribution in [2.24, 2.45) is 0 Å². The van der Waals surface area contributed by atoms with Crippen LogP contribution in [0.5, 0.6) is 5.88 Å². The third kappa shape index (κ3) is 5.04. The molecule has 20 heavy (non-hydrogen) atoms. The Labute approximate surface area is 114 Å². The second-order valence-corrected chi connectivity index (χ2v) is 3.87. The Morgan fingerprint density at radius 2 is 2.15 bits per heavy atom. The van der Waals surface area contributed by atoms with Crippen LogP contribution in [0, 0.1) is 0 Å². The van der Waals surface area contributed by atoms with E-state index in [0.29, 0.717) is 6.54 Å². The van der Waals surface area contributed by atoms with Crippen LogP contribution in [0.15, 0.2) is 18.2 Å². The first-order chi connectivity index (χ1) is 9.37. The van der Waals surface area contributed by atoms with Gasteiger partial charge in [0, 0.05) is 19.2 Å². The number of hydrogen-bond donors (Lipinski definition) is 1. The number of pyridine rings is 1. The molecule has 1 N–H and O–H groups in total. The number of aliphatic hydroxyl groups is 1. The summed E-state index contributed by atoms with van der Waals surface area (Å²) in [6.07, 6.45) is -4.46. The Bertz CT molecular complexity index is 452. The third-order valence-corrected chi connectivity index (χ3v) is 2.37. The molecule has 1 aromatic rings. The Hall–Kier alpha value is -1.83. The number of nitrogens with zero attached hydrogens (tertiary/aromatic N) is 2. The van der Waals surface area contributed by atoms with E-state index in [9.17, 15) is 18.0 Å². The standard InChI is InChI=1S/C12H15F3N2O3/c1-2-17(6-7-18)11(19)9-4-3-5-10(16-9)20-8-12(13,14)15/h3-5,18H,2,6-8H2,1H3. The predicted molar refractivity (Wildman–Crippen MR) is 64.5 cm³/mol. The van der Waals surface area contributed by atoms with Crippen molar-refractivity contribution in [1.82, 2.24) is 9.88 Å². The Kier molecular flexibility index (Phi) is 5.75. The van der Waals surface area contributed by atoms with E-state index in [-0.39, 0.29) is 24.7 Å². The van der Waals surface area contributed by atoms with Gasteiger partial charge in [0.1, 0.15) is 5.69 Å². The molecule has 8 heteroatoms. The second kappa shape index (κ2) is 7.09. The van der Waals surface area contributed by atoms with Crippen molar-refractivity contribution in [2.75, 3.05) is 26.3 Å². The highest BCUT2D eigenvalue weighted by Gasteiger charge is 2.28. The number of likely N-dealkylation sites (N-methyl/N-ethyl adjacent to an activating group) is 1. The van der Waals surface area contributed by atoms with E-state index in [1.165, 1.54) is 23.1 Å². The molecule has 0 unspecified atom stereocenters. The fourth-order valence-electron chi connectivity index (χ4n) is 1.46. The van der Waals surface area contributed by atoms with Crippen LogP contribution < -0.4 is 4.74 Å². The van der Waals surface area contributed by atoms with Gasteiger partial charge in [0.2, 0.25) is 5.88 Å². The van der Waals surface area contributed by atoms with Crippen LogP contribution in [0.1, 0.15) is 17.4 Å². The first-order valence-corrected chi connectivity index (χ1v) is 5.94. The maximum absolute atomic E-state index is 12.0. The van der Waals surface area contributed by atoms with Gasteiger partial charge >= 0.3 is 6.18 Å². The minimum absolute atomic E-state index is 0.0278. The molecule has 0 saturated carbocycles. The molecule has 0 radical (unpaired) electrons. The van der Waals surface area contributed by atoms with Gasteiger partial charge < -0.3 is 14.7 Å². The monoisotopic (exact) mass is 292 g/mol. The van der Waals surface area contributed by atoms with Crippen molar-refractivity contribution in [3.8, 4) is 5.88 Å². The number of hydrogen-bond acceptors (Lipinski definition) is 4. The van der Waals surface area contributed by atoms with E-state index < -0.39 is 18.7 Å². The summed E-state index contributed by atoms with van der Waals surface area (Å²) < 4.78 is 40.6. The fourth-order valence-corrected chi connectivity index (χ4v) is 1.46. The molecule has 0 fully saturated rings. The Morgan fingerprint density at radius 3 is 2.70 bits per heavy atom. The van der Waals surface area contributed by atoms with Crippen molar-refractivity contribution >= 4 is 5.91 Å². The van der Waals surface area contributed by atoms with E-state index in [1.54, 1.807) is 6.92 Å². The number of carbonyl (C=O) groups excluding carboxylic acids is 1. The summed E-state index contributed by atoms with van der Waals surface area (Å²) in [5.41, 5.74) is -0.0278. The topological polar surface area (TPSA) is 62.7 Å². The number of rotatable bonds is 6. The quantitative estimate of drug-likeness (QED) is 0.862. The average molecular weight is 292 g/mol. The molecular weight excluding hydrogens is 277 g/mol. The maximum Gasteiger partial charge on any atom is 0.422 e. The molecule has 0 aliphatic carbocycles. The van der Waals surface area contributed by atoms with Gasteiger partial charge in [-0.15, -0.1) is 0 Å². The van der Waals surface area contributed by atoms with Gasteiger partial charge in [-0.05, 0) is 13.0 Å². The number of alkyl halides is 3. The summed E-state index contributed by atoms with van der Waals surface area (Å²) in [5.74, 6) is -0.743. The molecule has 0 atom stereocenters. The van der Waals surface area contributed by atoms with E-state index in [1.807, 2.05) is 0 Å². The zero-order chi connectivity index (χ0) is 15.2. The third-order valence-electron chi connectivity index (χ3n) is 2.37. The summed E-state index contributed by atoms with van der Waals surface area (Å²) >= 11 is 0. The molecule has 0 aliphatic heterocycles. The molecule has 1 aromatic heterocycles. The summed E-state index contributed by atoms with van der Waals surface area (Å²) in [7, 11) is 0. The highest BCUT2D eigenvalue weighted by Crippen LogP contribution is 2.17. The summed E-state index contributed by atoms with van der Waals surface area (Å²) in [6, 6.07) is 4.01. The molecule has 112 valence electrons. The summed E-state index contributed by atoms with van der Waals surface area (Å²) in [4.78, 5) is 17.1. The van der Waals surface area contributed by atoms with E-state index >= 15 is 0 Å². The zero-order valence-electron chi connectivity index (χ0n) is 10.9. The van der Waals surface area contributed by atoms with E-state index in [2.05, 4.69) is 9.72 Å². The number of aromatic nitrogens is 1. The molecule has 1 amide bonds. The number of carbonyl (C=O) groups is 1. The molecule has 5 nitrogen and oxygen atoms in total. The van der Waals surface area contributed by atoms with Crippen molar-refractivity contribution in [3.05, 3.63) is 23.9 Å². The largest absolute Gasteiger partial charge is 0.468 e. The lowest BCUT2D eigenvalue weighted by Crippen LogP contribution is -2.33. The fraction of sp³-hybridized carbons (Fsp3) is 0.500. The van der Waals surface area contributed by atoms with Crippen LogP contribution in [0.25, 0.3) is 0 Å². The number of ether oxygens (including phenoxy) is 1. The summed E-state index contributed by atoms with van der Waals surface area (Å²) in [5, 5.41) is 8.83. The smallest absolute Gasteiger partial charge is 0.422 e. The van der Waals surface area contributed by atoms with Crippen LogP contribution in [-0.4, -0.2) is 53.4 Å². The van der Waals surface area contributed by atoms with Crippen LogP contribution in [0.2, 0.25) is 0 Å². The van der Waals surface area contributed by atoms with E-state index in [4.69, 9.17) is 5.11 Å². The van der Waals surface area contributed by atoms with Gasteiger partial charge in [-0.25, -0.2) is 4.98 Å². The number of aliphatic hydroxyl groups excluding tert-OH is 1. The number of amides is 1. The normalized spacial score (nSPS) is 11.2. The SMILES string of the molecule is CCN(CCO)C(=O)c1cccc(OCC(F)(F)F)n1. The van der Waals surface area contributed by atoms with Crippen LogP contribution in [-0.2, 0) is 0 Å². The lowest BCUT2D eigenvalue weighted by atomic mass is 10.3. The van der Waals surface area contributed by atoms with Crippen molar-refractivity contribution in [3.63, 3.8) is 0 Å². The zero-order valence-corrected chi connectivity index (χ0v) is 10.9. The van der Waals surface area contributed by atoms with Gasteiger partial charge in [-0.1, -0.05) is 6.07 Å². The molecule has 0 bridgehead atoms. The first-order valence-electron chi connectivity index (χ1n) is 5.94. The van der Waals surface area contributed by atoms with Crippen LogP contribution >= 0.6 is 0 Å². The summed E-state index contributed by atoms with van der Waals surface area (Å²) in [6.45, 7) is 0.534. The van der Waals surface area contributed by atoms with Crippen molar-refractivity contribution in [2.45, 2.75) is 13.1 Å². The van der Waals surface area contributed by atoms with Gasteiger partial charge in [0.15, 0.2) is 6.61 Å². The molecule has 1 rings (SSSR count). The van der Waals surface area contributed by atoms with Gasteiger partial charge in [-0.3, -0.25) is 4.79 Å². The van der Waals surface area contributed by atoms with Gasteiger partial charge in [-0.2, -0.15) is 13.2 Å².